The number of nitrogens with zero attached hydrogens (tertiary/aromatic N) is 2. The summed E-state index contributed by atoms with van der Waals surface area (Å²) in [7, 11) is 1.81. The summed E-state index contributed by atoms with van der Waals surface area (Å²) in [5, 5.41) is 11.2. The van der Waals surface area contributed by atoms with Gasteiger partial charge in [0.2, 0.25) is 5.91 Å². The van der Waals surface area contributed by atoms with E-state index in [2.05, 4.69) is 17.3 Å². The molecule has 0 aromatic rings. The van der Waals surface area contributed by atoms with Gasteiger partial charge in [-0.05, 0) is 20.9 Å². The van der Waals surface area contributed by atoms with Gasteiger partial charge in [-0.3, -0.25) is 9.69 Å². The molecule has 0 aromatic carbocycles. The fourth-order valence-electron chi connectivity index (χ4n) is 1.12. The average molecular weight is 207 g/mol. The molecule has 0 heterocycles. The zero-order valence-corrected chi connectivity index (χ0v) is 9.45. The standard InChI is InChI=1S/C11H17N3O/c1-5-6-13-11(15)10(3)14(4)8-9(2)7-12/h1,9-10H,6,8H2,2-4H3,(H,13,15). The zero-order valence-electron chi connectivity index (χ0n) is 9.45. The molecule has 0 aliphatic carbocycles. The molecule has 2 atom stereocenters. The Balaban J connectivity index is 4.09. The first-order valence-electron chi connectivity index (χ1n) is 4.84. The first kappa shape index (κ1) is 13.5. The van der Waals surface area contributed by atoms with E-state index in [4.69, 9.17) is 11.7 Å². The van der Waals surface area contributed by atoms with E-state index < -0.39 is 0 Å². The molecule has 15 heavy (non-hydrogen) atoms. The maximum Gasteiger partial charge on any atom is 0.237 e. The highest BCUT2D eigenvalue weighted by Gasteiger charge is 2.18. The fraction of sp³-hybridized carbons (Fsp3) is 0.636. The number of hydrogen-bond donors (Lipinski definition) is 1. The van der Waals surface area contributed by atoms with Crippen molar-refractivity contribution in [1.29, 1.82) is 5.26 Å². The normalized spacial score (nSPS) is 13.7. The van der Waals surface area contributed by atoms with Gasteiger partial charge < -0.3 is 5.32 Å². The molecule has 0 bridgehead atoms. The molecule has 0 aliphatic heterocycles. The van der Waals surface area contributed by atoms with E-state index in [0.717, 1.165) is 0 Å². The maximum atomic E-state index is 11.5. The van der Waals surface area contributed by atoms with Crippen molar-refractivity contribution in [2.75, 3.05) is 20.1 Å². The van der Waals surface area contributed by atoms with Crippen molar-refractivity contribution in [1.82, 2.24) is 10.2 Å². The Bertz CT molecular complexity index is 287. The van der Waals surface area contributed by atoms with Gasteiger partial charge in [-0.2, -0.15) is 5.26 Å². The lowest BCUT2D eigenvalue weighted by atomic mass is 10.1. The van der Waals surface area contributed by atoms with Crippen molar-refractivity contribution in [3.05, 3.63) is 0 Å². The van der Waals surface area contributed by atoms with Crippen molar-refractivity contribution in [3.8, 4) is 18.4 Å². The van der Waals surface area contributed by atoms with E-state index in [0.29, 0.717) is 6.54 Å². The Morgan fingerprint density at radius 3 is 2.67 bits per heavy atom. The van der Waals surface area contributed by atoms with E-state index in [-0.39, 0.29) is 24.4 Å². The van der Waals surface area contributed by atoms with Crippen LogP contribution in [-0.4, -0.2) is 37.0 Å². The monoisotopic (exact) mass is 207 g/mol. The third kappa shape index (κ3) is 5.05. The van der Waals surface area contributed by atoms with Gasteiger partial charge in [0.25, 0.3) is 0 Å². The molecule has 82 valence electrons. The van der Waals surface area contributed by atoms with Gasteiger partial charge in [-0.15, -0.1) is 6.42 Å². The lowest BCUT2D eigenvalue weighted by Crippen LogP contribution is -2.44. The smallest absolute Gasteiger partial charge is 0.237 e. The van der Waals surface area contributed by atoms with Crippen LogP contribution >= 0.6 is 0 Å². The molecule has 1 amide bonds. The number of carbonyl (C=O) groups is 1. The minimum absolute atomic E-state index is 0.0853. The molecule has 0 saturated heterocycles. The largest absolute Gasteiger partial charge is 0.344 e. The number of carbonyl (C=O) groups excluding carboxylic acids is 1. The Morgan fingerprint density at radius 1 is 1.60 bits per heavy atom. The van der Waals surface area contributed by atoms with Crippen LogP contribution in [0.25, 0.3) is 0 Å². The second-order valence-electron chi connectivity index (χ2n) is 3.57. The van der Waals surface area contributed by atoms with Gasteiger partial charge >= 0.3 is 0 Å². The van der Waals surface area contributed by atoms with Gasteiger partial charge in [0.15, 0.2) is 0 Å². The van der Waals surface area contributed by atoms with E-state index in [1.54, 1.807) is 6.92 Å². The topological polar surface area (TPSA) is 56.1 Å². The number of nitriles is 1. The number of amides is 1. The molecule has 0 fully saturated rings. The Kier molecular flexibility index (Phi) is 6.17. The number of nitrogens with one attached hydrogen (secondary N) is 1. The molecule has 1 N–H and O–H groups in total. The summed E-state index contributed by atoms with van der Waals surface area (Å²) in [5.74, 6) is 2.15. The molecule has 2 unspecified atom stereocenters. The predicted octanol–water partition coefficient (Wildman–Crippen LogP) is 0.216. The van der Waals surface area contributed by atoms with Crippen LogP contribution in [0.4, 0.5) is 0 Å². The maximum absolute atomic E-state index is 11.5. The predicted molar refractivity (Wildman–Crippen MR) is 58.7 cm³/mol. The minimum Gasteiger partial charge on any atom is -0.344 e. The van der Waals surface area contributed by atoms with Crippen LogP contribution in [0.5, 0.6) is 0 Å². The number of rotatable bonds is 5. The van der Waals surface area contributed by atoms with Gasteiger partial charge in [-0.25, -0.2) is 0 Å². The Labute approximate surface area is 91.3 Å². The van der Waals surface area contributed by atoms with Gasteiger partial charge in [0, 0.05) is 6.54 Å². The molecular weight excluding hydrogens is 190 g/mol. The third-order valence-corrected chi connectivity index (χ3v) is 2.19. The number of likely N-dealkylation sites (N-methyl/N-ethyl adjacent to an activating group) is 1. The van der Waals surface area contributed by atoms with Crippen LogP contribution in [0.3, 0.4) is 0 Å². The second kappa shape index (κ2) is 6.86. The summed E-state index contributed by atoms with van der Waals surface area (Å²) in [6, 6.07) is 1.86. The number of terminal acetylenes is 1. The van der Waals surface area contributed by atoms with E-state index in [1.165, 1.54) is 0 Å². The summed E-state index contributed by atoms with van der Waals surface area (Å²) in [4.78, 5) is 13.3. The molecule has 4 heteroatoms. The Hall–Kier alpha value is -1.52. The third-order valence-electron chi connectivity index (χ3n) is 2.19. The van der Waals surface area contributed by atoms with Crippen molar-refractivity contribution < 1.29 is 4.79 Å². The highest BCUT2D eigenvalue weighted by Crippen LogP contribution is 2.01. The Morgan fingerprint density at radius 2 is 2.20 bits per heavy atom. The molecule has 0 aliphatic rings. The van der Waals surface area contributed by atoms with Gasteiger partial charge in [0.1, 0.15) is 0 Å². The quantitative estimate of drug-likeness (QED) is 0.656. The molecule has 0 spiro atoms. The molecule has 4 nitrogen and oxygen atoms in total. The lowest BCUT2D eigenvalue weighted by Gasteiger charge is -2.24. The summed E-state index contributed by atoms with van der Waals surface area (Å²) in [5.41, 5.74) is 0. The van der Waals surface area contributed by atoms with Crippen LogP contribution in [0.15, 0.2) is 0 Å². The first-order chi connectivity index (χ1) is 7.02. The van der Waals surface area contributed by atoms with E-state index >= 15 is 0 Å². The van der Waals surface area contributed by atoms with Crippen LogP contribution in [0.2, 0.25) is 0 Å². The van der Waals surface area contributed by atoms with Crippen LogP contribution in [0.1, 0.15) is 13.8 Å². The summed E-state index contributed by atoms with van der Waals surface area (Å²) in [6.07, 6.45) is 5.03. The van der Waals surface area contributed by atoms with Crippen molar-refractivity contribution in [2.24, 2.45) is 5.92 Å². The van der Waals surface area contributed by atoms with E-state index in [9.17, 15) is 4.79 Å². The average Bonchev–Trinajstić information content (AvgIpc) is 2.24. The summed E-state index contributed by atoms with van der Waals surface area (Å²) >= 11 is 0. The molecule has 0 aromatic heterocycles. The molecule has 0 radical (unpaired) electrons. The van der Waals surface area contributed by atoms with Crippen molar-refractivity contribution >= 4 is 5.91 Å². The minimum atomic E-state index is -0.269. The van der Waals surface area contributed by atoms with E-state index in [1.807, 2.05) is 18.9 Å². The van der Waals surface area contributed by atoms with Crippen LogP contribution in [-0.2, 0) is 4.79 Å². The van der Waals surface area contributed by atoms with Gasteiger partial charge in [0.05, 0.1) is 24.6 Å². The summed E-state index contributed by atoms with van der Waals surface area (Å²) < 4.78 is 0. The second-order valence-corrected chi connectivity index (χ2v) is 3.57. The number of hydrogen-bond acceptors (Lipinski definition) is 3. The van der Waals surface area contributed by atoms with Crippen molar-refractivity contribution in [3.63, 3.8) is 0 Å². The molecule has 0 saturated carbocycles. The SMILES string of the molecule is C#CCNC(=O)C(C)N(C)CC(C)C#N. The highest BCUT2D eigenvalue weighted by atomic mass is 16.2. The van der Waals surface area contributed by atoms with Crippen molar-refractivity contribution in [2.45, 2.75) is 19.9 Å². The van der Waals surface area contributed by atoms with Crippen LogP contribution < -0.4 is 5.32 Å². The fourth-order valence-corrected chi connectivity index (χ4v) is 1.12. The lowest BCUT2D eigenvalue weighted by molar-refractivity contribution is -0.125. The molecule has 0 rings (SSSR count). The molecular formula is C11H17N3O. The highest BCUT2D eigenvalue weighted by molar-refractivity contribution is 5.81. The summed E-state index contributed by atoms with van der Waals surface area (Å²) in [6.45, 7) is 4.42. The first-order valence-corrected chi connectivity index (χ1v) is 4.84. The van der Waals surface area contributed by atoms with Gasteiger partial charge in [-0.1, -0.05) is 5.92 Å². The van der Waals surface area contributed by atoms with Crippen LogP contribution in [0, 0.1) is 29.6 Å². The zero-order chi connectivity index (χ0) is 11.8.